The van der Waals surface area contributed by atoms with E-state index in [0.29, 0.717) is 19.0 Å². The Balaban J connectivity index is 2.18. The molecule has 0 aromatic carbocycles. The molecule has 1 amide bonds. The van der Waals surface area contributed by atoms with Crippen LogP contribution in [0.1, 0.15) is 53.7 Å². The second-order valence-electron chi connectivity index (χ2n) is 10.4. The van der Waals surface area contributed by atoms with E-state index in [1.54, 1.807) is 0 Å². The average molecular weight is 407 g/mol. The molecular formula is C22H38N2O3Si. The molecule has 5 nitrogen and oxygen atoms in total. The summed E-state index contributed by atoms with van der Waals surface area (Å²) in [4.78, 5) is 19.0. The van der Waals surface area contributed by atoms with Gasteiger partial charge in [0.25, 0.3) is 0 Å². The highest BCUT2D eigenvalue weighted by molar-refractivity contribution is 6.74. The van der Waals surface area contributed by atoms with Gasteiger partial charge in [0, 0.05) is 25.0 Å². The van der Waals surface area contributed by atoms with Gasteiger partial charge in [-0.05, 0) is 69.8 Å². The molecule has 2 rings (SSSR count). The van der Waals surface area contributed by atoms with Crippen LogP contribution in [0.5, 0.6) is 0 Å². The lowest BCUT2D eigenvalue weighted by Crippen LogP contribution is -2.54. The molecular weight excluding hydrogens is 368 g/mol. The fourth-order valence-corrected chi connectivity index (χ4v) is 4.54. The van der Waals surface area contributed by atoms with Crippen LogP contribution in [0.25, 0.3) is 0 Å². The number of pyridine rings is 1. The first-order chi connectivity index (χ1) is 12.8. The zero-order valence-corrected chi connectivity index (χ0v) is 19.9. The van der Waals surface area contributed by atoms with Crippen molar-refractivity contribution in [2.45, 2.75) is 84.2 Å². The van der Waals surface area contributed by atoms with Gasteiger partial charge >= 0.3 is 6.09 Å². The fourth-order valence-electron chi connectivity index (χ4n) is 3.17. The number of amides is 1. The molecule has 158 valence electrons. The van der Waals surface area contributed by atoms with E-state index in [4.69, 9.17) is 9.16 Å². The predicted octanol–water partition coefficient (Wildman–Crippen LogP) is 5.27. The third-order valence-electron chi connectivity index (χ3n) is 5.80. The molecule has 1 aromatic rings. The summed E-state index contributed by atoms with van der Waals surface area (Å²) in [5.74, 6) is 0.350. The van der Waals surface area contributed by atoms with Crippen LogP contribution in [-0.2, 0) is 15.6 Å². The highest BCUT2D eigenvalue weighted by Crippen LogP contribution is 2.39. The number of ether oxygens (including phenoxy) is 1. The van der Waals surface area contributed by atoms with E-state index >= 15 is 0 Å². The molecule has 1 aliphatic rings. The zero-order valence-electron chi connectivity index (χ0n) is 18.9. The monoisotopic (exact) mass is 406 g/mol. The van der Waals surface area contributed by atoms with Crippen LogP contribution in [0.4, 0.5) is 4.79 Å². The van der Waals surface area contributed by atoms with Crippen LogP contribution in [0.2, 0.25) is 18.1 Å². The highest BCUT2D eigenvalue weighted by atomic mass is 28.4. The van der Waals surface area contributed by atoms with Gasteiger partial charge in [-0.3, -0.25) is 4.98 Å². The Labute approximate surface area is 172 Å². The number of hydrogen-bond donors (Lipinski definition) is 0. The number of carbonyl (C=O) groups excluding carboxylic acids is 1. The number of carbonyl (C=O) groups is 1. The Morgan fingerprint density at radius 2 is 1.89 bits per heavy atom. The molecule has 0 aliphatic carbocycles. The Morgan fingerprint density at radius 1 is 1.21 bits per heavy atom. The van der Waals surface area contributed by atoms with E-state index in [9.17, 15) is 4.79 Å². The fraction of sp³-hybridized carbons (Fsp3) is 0.727. The Morgan fingerprint density at radius 3 is 2.43 bits per heavy atom. The summed E-state index contributed by atoms with van der Waals surface area (Å²) >= 11 is 0. The standard InChI is InChI=1S/C22H38N2O3Si/c1-21(2,3)26-20(25)24-14-12-17(15-18-11-9-10-13-23-18)19(16-24)27-28(7,8)22(4,5)6/h9-11,13,17,19H,12,14-16H2,1-8H3. The smallest absolute Gasteiger partial charge is 0.410 e. The molecule has 2 unspecified atom stereocenters. The molecule has 1 saturated heterocycles. The summed E-state index contributed by atoms with van der Waals surface area (Å²) in [6, 6.07) is 6.05. The van der Waals surface area contributed by atoms with E-state index in [-0.39, 0.29) is 17.2 Å². The lowest BCUT2D eigenvalue weighted by atomic mass is 9.89. The maximum absolute atomic E-state index is 12.6. The summed E-state index contributed by atoms with van der Waals surface area (Å²) < 4.78 is 12.4. The Hall–Kier alpha value is -1.40. The normalized spacial score (nSPS) is 21.5. The number of piperidine rings is 1. The van der Waals surface area contributed by atoms with Gasteiger partial charge in [-0.2, -0.15) is 0 Å². The number of aromatic nitrogens is 1. The van der Waals surface area contributed by atoms with E-state index in [1.807, 2.05) is 44.0 Å². The first kappa shape index (κ1) is 22.9. The van der Waals surface area contributed by atoms with Gasteiger partial charge in [0.15, 0.2) is 8.32 Å². The SMILES string of the molecule is CC(C)(C)OC(=O)N1CCC(Cc2ccccn2)C(O[Si](C)(C)C(C)(C)C)C1. The van der Waals surface area contributed by atoms with Crippen molar-refractivity contribution < 1.29 is 14.0 Å². The molecule has 0 spiro atoms. The molecule has 28 heavy (non-hydrogen) atoms. The lowest BCUT2D eigenvalue weighted by Gasteiger charge is -2.45. The van der Waals surface area contributed by atoms with Gasteiger partial charge in [-0.1, -0.05) is 26.8 Å². The predicted molar refractivity (Wildman–Crippen MR) is 116 cm³/mol. The van der Waals surface area contributed by atoms with Crippen molar-refractivity contribution in [1.29, 1.82) is 0 Å². The largest absolute Gasteiger partial charge is 0.444 e. The van der Waals surface area contributed by atoms with Crippen molar-refractivity contribution in [3.05, 3.63) is 30.1 Å². The van der Waals surface area contributed by atoms with Gasteiger partial charge in [0.05, 0.1) is 6.10 Å². The molecule has 1 aromatic heterocycles. The third kappa shape index (κ3) is 6.31. The molecule has 1 fully saturated rings. The van der Waals surface area contributed by atoms with Crippen molar-refractivity contribution in [2.75, 3.05) is 13.1 Å². The minimum absolute atomic E-state index is 0.00386. The van der Waals surface area contributed by atoms with Gasteiger partial charge < -0.3 is 14.1 Å². The minimum Gasteiger partial charge on any atom is -0.444 e. The van der Waals surface area contributed by atoms with E-state index in [1.165, 1.54) is 0 Å². The second kappa shape index (κ2) is 8.53. The Kier molecular flexibility index (Phi) is 6.97. The van der Waals surface area contributed by atoms with Crippen molar-refractivity contribution in [3.63, 3.8) is 0 Å². The van der Waals surface area contributed by atoms with Crippen molar-refractivity contribution in [3.8, 4) is 0 Å². The summed E-state index contributed by atoms with van der Waals surface area (Å²) in [6.07, 6.45) is 3.38. The Bertz CT molecular complexity index is 650. The van der Waals surface area contributed by atoms with Crippen molar-refractivity contribution in [2.24, 2.45) is 5.92 Å². The van der Waals surface area contributed by atoms with Gasteiger partial charge in [-0.25, -0.2) is 4.79 Å². The molecule has 0 N–H and O–H groups in total. The van der Waals surface area contributed by atoms with Crippen LogP contribution in [0, 0.1) is 5.92 Å². The van der Waals surface area contributed by atoms with Crippen LogP contribution < -0.4 is 0 Å². The summed E-state index contributed by atoms with van der Waals surface area (Å²) in [5, 5.41) is 0.122. The number of likely N-dealkylation sites (tertiary alicyclic amines) is 1. The zero-order chi connectivity index (χ0) is 21.2. The maximum Gasteiger partial charge on any atom is 0.410 e. The topological polar surface area (TPSA) is 51.7 Å². The molecule has 0 radical (unpaired) electrons. The molecule has 2 heterocycles. The summed E-state index contributed by atoms with van der Waals surface area (Å²) in [7, 11) is -1.96. The molecule has 1 aliphatic heterocycles. The van der Waals surface area contributed by atoms with Gasteiger partial charge in [0.1, 0.15) is 5.60 Å². The van der Waals surface area contributed by atoms with E-state index in [0.717, 1.165) is 18.5 Å². The third-order valence-corrected chi connectivity index (χ3v) is 10.3. The number of hydrogen-bond acceptors (Lipinski definition) is 4. The molecule has 2 atom stereocenters. The van der Waals surface area contributed by atoms with Gasteiger partial charge in [0.2, 0.25) is 0 Å². The molecule has 6 heteroatoms. The molecule has 0 saturated carbocycles. The molecule has 0 bridgehead atoms. The van der Waals surface area contributed by atoms with Crippen LogP contribution >= 0.6 is 0 Å². The van der Waals surface area contributed by atoms with Crippen LogP contribution in [-0.4, -0.2) is 49.1 Å². The summed E-state index contributed by atoms with van der Waals surface area (Å²) in [5.41, 5.74) is 0.597. The number of nitrogens with zero attached hydrogens (tertiary/aromatic N) is 2. The highest BCUT2D eigenvalue weighted by Gasteiger charge is 2.43. The van der Waals surface area contributed by atoms with Crippen LogP contribution in [0.15, 0.2) is 24.4 Å². The second-order valence-corrected chi connectivity index (χ2v) is 15.2. The number of rotatable bonds is 4. The van der Waals surface area contributed by atoms with Crippen molar-refractivity contribution in [1.82, 2.24) is 9.88 Å². The first-order valence-electron chi connectivity index (χ1n) is 10.3. The summed E-state index contributed by atoms with van der Waals surface area (Å²) in [6.45, 7) is 18.3. The average Bonchev–Trinajstić information content (AvgIpc) is 2.54. The first-order valence-corrected chi connectivity index (χ1v) is 13.2. The van der Waals surface area contributed by atoms with E-state index in [2.05, 4.69) is 44.9 Å². The maximum atomic E-state index is 12.6. The van der Waals surface area contributed by atoms with Gasteiger partial charge in [-0.15, -0.1) is 0 Å². The van der Waals surface area contributed by atoms with Crippen molar-refractivity contribution >= 4 is 14.4 Å². The van der Waals surface area contributed by atoms with E-state index < -0.39 is 13.9 Å². The minimum atomic E-state index is -1.96. The lowest BCUT2D eigenvalue weighted by molar-refractivity contribution is -0.00893. The van der Waals surface area contributed by atoms with Crippen LogP contribution in [0.3, 0.4) is 0 Å². The quantitative estimate of drug-likeness (QED) is 0.639.